The molecule has 132 valence electrons. The highest BCUT2D eigenvalue weighted by Crippen LogP contribution is 2.30. The molecule has 0 spiro atoms. The van der Waals surface area contributed by atoms with Crippen LogP contribution < -0.4 is 0 Å². The Labute approximate surface area is 142 Å². The van der Waals surface area contributed by atoms with Crippen molar-refractivity contribution in [1.29, 1.82) is 0 Å². The third-order valence-electron chi connectivity index (χ3n) is 5.24. The number of carbonyl (C=O) groups excluding carboxylic acids is 2. The summed E-state index contributed by atoms with van der Waals surface area (Å²) in [5, 5.41) is 7.08. The number of aromatic amines is 1. The fraction of sp³-hybridized carbons (Fsp3) is 0.706. The van der Waals surface area contributed by atoms with Gasteiger partial charge in [0.25, 0.3) is 0 Å². The number of nitrogens with zero attached hydrogens (tertiary/aromatic N) is 3. The van der Waals surface area contributed by atoms with E-state index in [9.17, 15) is 9.59 Å². The molecule has 2 amide bonds. The number of carbonyl (C=O) groups is 2. The topological polar surface area (TPSA) is 78.5 Å². The third-order valence-corrected chi connectivity index (χ3v) is 5.24. The molecule has 2 saturated heterocycles. The molecule has 3 rings (SSSR count). The van der Waals surface area contributed by atoms with E-state index in [4.69, 9.17) is 4.74 Å². The van der Waals surface area contributed by atoms with E-state index in [0.717, 1.165) is 31.6 Å². The molecule has 2 aliphatic rings. The summed E-state index contributed by atoms with van der Waals surface area (Å²) >= 11 is 0. The van der Waals surface area contributed by atoms with Crippen LogP contribution in [0.1, 0.15) is 36.4 Å². The maximum atomic E-state index is 12.7. The van der Waals surface area contributed by atoms with Gasteiger partial charge in [0.2, 0.25) is 11.8 Å². The van der Waals surface area contributed by atoms with Gasteiger partial charge in [-0.25, -0.2) is 0 Å². The lowest BCUT2D eigenvalue weighted by atomic mass is 9.89. The predicted molar refractivity (Wildman–Crippen MR) is 88.4 cm³/mol. The number of likely N-dealkylation sites (tertiary alicyclic amines) is 2. The van der Waals surface area contributed by atoms with Gasteiger partial charge in [0.05, 0.1) is 18.7 Å². The van der Waals surface area contributed by atoms with Crippen LogP contribution in [0.4, 0.5) is 0 Å². The van der Waals surface area contributed by atoms with Crippen molar-refractivity contribution in [2.45, 2.75) is 32.1 Å². The zero-order chi connectivity index (χ0) is 17.1. The average Bonchev–Trinajstić information content (AvgIpc) is 3.18. The van der Waals surface area contributed by atoms with E-state index < -0.39 is 0 Å². The largest absolute Gasteiger partial charge is 0.383 e. The van der Waals surface area contributed by atoms with E-state index in [1.165, 1.54) is 5.56 Å². The number of amides is 2. The molecule has 0 aromatic carbocycles. The highest BCUT2D eigenvalue weighted by molar-refractivity contribution is 5.89. The molecule has 0 bridgehead atoms. The van der Waals surface area contributed by atoms with Crippen molar-refractivity contribution in [3.05, 3.63) is 17.5 Å². The third kappa shape index (κ3) is 3.45. The van der Waals surface area contributed by atoms with E-state index >= 15 is 0 Å². The molecule has 3 heterocycles. The number of aryl methyl sites for hydroxylation is 1. The number of ether oxygens (including phenoxy) is 1. The molecule has 0 saturated carbocycles. The molecule has 1 aromatic heterocycles. The van der Waals surface area contributed by atoms with Gasteiger partial charge in [0.15, 0.2) is 0 Å². The summed E-state index contributed by atoms with van der Waals surface area (Å²) in [5.74, 6) is 0.470. The second-order valence-corrected chi connectivity index (χ2v) is 6.78. The lowest BCUT2D eigenvalue weighted by Crippen LogP contribution is -2.42. The smallest absolute Gasteiger partial charge is 0.227 e. The van der Waals surface area contributed by atoms with Crippen LogP contribution in [0.15, 0.2) is 6.20 Å². The standard InChI is InChI=1S/C17H26N4O3/c1-12-15(10-18-19-12)13-3-5-20(6-4-13)17(23)14-9-16(22)21(11-14)7-8-24-2/h10,13-14H,3-9,11H2,1-2H3,(H,18,19). The van der Waals surface area contributed by atoms with E-state index in [1.807, 2.05) is 18.0 Å². The van der Waals surface area contributed by atoms with Crippen LogP contribution in [0.3, 0.4) is 0 Å². The minimum absolute atomic E-state index is 0.0642. The van der Waals surface area contributed by atoms with Crippen LogP contribution in [0.2, 0.25) is 0 Å². The molecule has 0 radical (unpaired) electrons. The summed E-state index contributed by atoms with van der Waals surface area (Å²) in [4.78, 5) is 28.4. The van der Waals surface area contributed by atoms with Gasteiger partial charge in [0, 0.05) is 45.4 Å². The van der Waals surface area contributed by atoms with Crippen molar-refractivity contribution >= 4 is 11.8 Å². The molecule has 0 aliphatic carbocycles. The fourth-order valence-corrected chi connectivity index (χ4v) is 3.80. The van der Waals surface area contributed by atoms with Crippen LogP contribution in [0, 0.1) is 12.8 Å². The van der Waals surface area contributed by atoms with Gasteiger partial charge in [0.1, 0.15) is 0 Å². The Morgan fingerprint density at radius 2 is 2.17 bits per heavy atom. The molecular formula is C17H26N4O3. The number of aromatic nitrogens is 2. The van der Waals surface area contributed by atoms with Crippen molar-refractivity contribution in [2.24, 2.45) is 5.92 Å². The first-order valence-electron chi connectivity index (χ1n) is 8.65. The summed E-state index contributed by atoms with van der Waals surface area (Å²) in [6.07, 6.45) is 4.16. The quantitative estimate of drug-likeness (QED) is 0.868. The number of H-pyrrole nitrogens is 1. The monoisotopic (exact) mass is 334 g/mol. The molecule has 1 aromatic rings. The van der Waals surface area contributed by atoms with Gasteiger partial charge in [-0.3, -0.25) is 14.7 Å². The number of hydrogen-bond donors (Lipinski definition) is 1. The Hall–Kier alpha value is -1.89. The predicted octanol–water partition coefficient (Wildman–Crippen LogP) is 0.919. The van der Waals surface area contributed by atoms with Crippen LogP contribution in [-0.2, 0) is 14.3 Å². The molecule has 1 N–H and O–H groups in total. The molecule has 24 heavy (non-hydrogen) atoms. The molecule has 2 aliphatic heterocycles. The molecule has 1 atom stereocenters. The first-order valence-corrected chi connectivity index (χ1v) is 8.65. The fourth-order valence-electron chi connectivity index (χ4n) is 3.80. The van der Waals surface area contributed by atoms with Gasteiger partial charge in [-0.05, 0) is 31.2 Å². The highest BCUT2D eigenvalue weighted by atomic mass is 16.5. The van der Waals surface area contributed by atoms with Gasteiger partial charge in [-0.2, -0.15) is 5.10 Å². The van der Waals surface area contributed by atoms with Gasteiger partial charge in [-0.1, -0.05) is 0 Å². The van der Waals surface area contributed by atoms with E-state index in [2.05, 4.69) is 10.2 Å². The van der Waals surface area contributed by atoms with Crippen molar-refractivity contribution in [1.82, 2.24) is 20.0 Å². The minimum Gasteiger partial charge on any atom is -0.383 e. The normalized spacial score (nSPS) is 22.4. The number of methoxy groups -OCH3 is 1. The van der Waals surface area contributed by atoms with E-state index in [1.54, 1.807) is 12.0 Å². The van der Waals surface area contributed by atoms with Crippen molar-refractivity contribution in [3.63, 3.8) is 0 Å². The van der Waals surface area contributed by atoms with Crippen LogP contribution in [0.5, 0.6) is 0 Å². The molecule has 2 fully saturated rings. The lowest BCUT2D eigenvalue weighted by Gasteiger charge is -2.33. The number of hydrogen-bond acceptors (Lipinski definition) is 4. The number of nitrogens with one attached hydrogen (secondary N) is 1. The Morgan fingerprint density at radius 1 is 1.42 bits per heavy atom. The molecule has 1 unspecified atom stereocenters. The number of rotatable bonds is 5. The van der Waals surface area contributed by atoms with E-state index in [0.29, 0.717) is 32.0 Å². The van der Waals surface area contributed by atoms with Crippen molar-refractivity contribution in [3.8, 4) is 0 Å². The molecule has 7 nitrogen and oxygen atoms in total. The van der Waals surface area contributed by atoms with Crippen LogP contribution in [0.25, 0.3) is 0 Å². The zero-order valence-electron chi connectivity index (χ0n) is 14.5. The first-order chi connectivity index (χ1) is 11.6. The maximum Gasteiger partial charge on any atom is 0.227 e. The maximum absolute atomic E-state index is 12.7. The second kappa shape index (κ2) is 7.34. The lowest BCUT2D eigenvalue weighted by molar-refractivity contribution is -0.136. The minimum atomic E-state index is -0.193. The first kappa shape index (κ1) is 17.0. The summed E-state index contributed by atoms with van der Waals surface area (Å²) in [6.45, 7) is 5.18. The van der Waals surface area contributed by atoms with Crippen LogP contribution in [-0.4, -0.2) is 71.7 Å². The second-order valence-electron chi connectivity index (χ2n) is 6.78. The van der Waals surface area contributed by atoms with E-state index in [-0.39, 0.29) is 17.7 Å². The van der Waals surface area contributed by atoms with Gasteiger partial charge < -0.3 is 14.5 Å². The zero-order valence-corrected chi connectivity index (χ0v) is 14.5. The summed E-state index contributed by atoms with van der Waals surface area (Å²) in [7, 11) is 1.62. The number of piperidine rings is 1. The Morgan fingerprint density at radius 3 is 2.79 bits per heavy atom. The SMILES string of the molecule is COCCN1CC(C(=O)N2CCC(c3cn[nH]c3C)CC2)CC1=O. The Balaban J connectivity index is 1.52. The molecule has 7 heteroatoms. The van der Waals surface area contributed by atoms with Crippen molar-refractivity contribution < 1.29 is 14.3 Å². The molecular weight excluding hydrogens is 308 g/mol. The highest BCUT2D eigenvalue weighted by Gasteiger charge is 2.37. The summed E-state index contributed by atoms with van der Waals surface area (Å²) in [5.41, 5.74) is 2.39. The van der Waals surface area contributed by atoms with Gasteiger partial charge >= 0.3 is 0 Å². The van der Waals surface area contributed by atoms with Gasteiger partial charge in [-0.15, -0.1) is 0 Å². The summed E-state index contributed by atoms with van der Waals surface area (Å²) < 4.78 is 5.02. The average molecular weight is 334 g/mol. The Kier molecular flexibility index (Phi) is 5.18. The summed E-state index contributed by atoms with van der Waals surface area (Å²) in [6, 6.07) is 0. The Bertz CT molecular complexity index is 592. The van der Waals surface area contributed by atoms with Crippen molar-refractivity contribution in [2.75, 3.05) is 39.9 Å². The van der Waals surface area contributed by atoms with Crippen LogP contribution >= 0.6 is 0 Å².